The standard InChI is InChI=1S/C21H26N2O6S2/c1-4-29-19-11-10-18(23-21(24)12-13-30(23,25)26)14-20(19)31(27,28)22(16(2)3)15-17-8-6-5-7-9-17/h5-11,14,16H,4,12-13,15H2,1-3H3. The van der Waals surface area contributed by atoms with Crippen LogP contribution in [0.25, 0.3) is 0 Å². The molecule has 0 saturated carbocycles. The van der Waals surface area contributed by atoms with Crippen molar-refractivity contribution in [1.82, 2.24) is 4.31 Å². The van der Waals surface area contributed by atoms with Crippen molar-refractivity contribution in [2.75, 3.05) is 16.7 Å². The van der Waals surface area contributed by atoms with Crippen molar-refractivity contribution < 1.29 is 26.4 Å². The summed E-state index contributed by atoms with van der Waals surface area (Å²) < 4.78 is 59.6. The molecular weight excluding hydrogens is 440 g/mol. The van der Waals surface area contributed by atoms with Gasteiger partial charge in [0.25, 0.3) is 0 Å². The van der Waals surface area contributed by atoms with Gasteiger partial charge in [-0.2, -0.15) is 4.31 Å². The summed E-state index contributed by atoms with van der Waals surface area (Å²) >= 11 is 0. The fraction of sp³-hybridized carbons (Fsp3) is 0.381. The van der Waals surface area contributed by atoms with Gasteiger partial charge in [-0.25, -0.2) is 21.1 Å². The third kappa shape index (κ3) is 4.76. The van der Waals surface area contributed by atoms with E-state index in [1.165, 1.54) is 22.5 Å². The van der Waals surface area contributed by atoms with E-state index in [-0.39, 0.29) is 47.7 Å². The second-order valence-corrected chi connectivity index (χ2v) is 11.2. The van der Waals surface area contributed by atoms with Crippen LogP contribution in [0.4, 0.5) is 5.69 Å². The molecule has 1 aliphatic rings. The van der Waals surface area contributed by atoms with Gasteiger partial charge in [-0.1, -0.05) is 30.3 Å². The molecule has 0 bridgehead atoms. The first-order chi connectivity index (χ1) is 14.6. The molecule has 0 unspecified atom stereocenters. The lowest BCUT2D eigenvalue weighted by Gasteiger charge is -2.27. The molecule has 1 amide bonds. The second-order valence-electron chi connectivity index (χ2n) is 7.42. The number of hydrogen-bond donors (Lipinski definition) is 0. The van der Waals surface area contributed by atoms with Gasteiger partial charge in [-0.3, -0.25) is 4.79 Å². The van der Waals surface area contributed by atoms with Crippen LogP contribution in [0.3, 0.4) is 0 Å². The topological polar surface area (TPSA) is 101 Å². The summed E-state index contributed by atoms with van der Waals surface area (Å²) in [6.07, 6.45) is -0.135. The van der Waals surface area contributed by atoms with Crippen LogP contribution in [0.2, 0.25) is 0 Å². The van der Waals surface area contributed by atoms with Crippen LogP contribution in [0.1, 0.15) is 32.8 Å². The van der Waals surface area contributed by atoms with Crippen LogP contribution in [-0.4, -0.2) is 45.4 Å². The Balaban J connectivity index is 2.12. The van der Waals surface area contributed by atoms with Gasteiger partial charge in [0, 0.05) is 19.0 Å². The van der Waals surface area contributed by atoms with Gasteiger partial charge in [-0.15, -0.1) is 0 Å². The summed E-state index contributed by atoms with van der Waals surface area (Å²) in [5.41, 5.74) is 0.805. The van der Waals surface area contributed by atoms with Crippen molar-refractivity contribution >= 4 is 31.6 Å². The third-order valence-corrected chi connectivity index (χ3v) is 8.62. The first-order valence-corrected chi connectivity index (χ1v) is 13.0. The van der Waals surface area contributed by atoms with E-state index in [9.17, 15) is 21.6 Å². The van der Waals surface area contributed by atoms with Gasteiger partial charge < -0.3 is 4.74 Å². The Bertz CT molecular complexity index is 1160. The first-order valence-electron chi connectivity index (χ1n) is 9.96. The number of anilines is 1. The zero-order chi connectivity index (χ0) is 22.8. The third-order valence-electron chi connectivity index (χ3n) is 4.88. The smallest absolute Gasteiger partial charge is 0.247 e. The molecule has 0 aromatic heterocycles. The van der Waals surface area contributed by atoms with E-state index in [4.69, 9.17) is 4.74 Å². The Morgan fingerprint density at radius 2 is 1.81 bits per heavy atom. The van der Waals surface area contributed by atoms with Crippen LogP contribution in [-0.2, 0) is 31.4 Å². The van der Waals surface area contributed by atoms with Crippen LogP contribution in [0.5, 0.6) is 5.75 Å². The summed E-state index contributed by atoms with van der Waals surface area (Å²) in [7, 11) is -7.91. The molecular formula is C21H26N2O6S2. The van der Waals surface area contributed by atoms with E-state index >= 15 is 0 Å². The van der Waals surface area contributed by atoms with Gasteiger partial charge in [0.05, 0.1) is 18.0 Å². The maximum Gasteiger partial charge on any atom is 0.247 e. The highest BCUT2D eigenvalue weighted by Gasteiger charge is 2.38. The van der Waals surface area contributed by atoms with Gasteiger partial charge in [-0.05, 0) is 44.5 Å². The molecule has 0 radical (unpaired) electrons. The molecule has 1 fully saturated rings. The Labute approximate surface area is 183 Å². The molecule has 1 aliphatic heterocycles. The van der Waals surface area contributed by atoms with Crippen LogP contribution in [0, 0.1) is 0 Å². The lowest BCUT2D eigenvalue weighted by molar-refractivity contribution is -0.116. The fourth-order valence-corrected chi connectivity index (χ4v) is 6.63. The number of amides is 1. The van der Waals surface area contributed by atoms with Crippen molar-refractivity contribution in [1.29, 1.82) is 0 Å². The second kappa shape index (κ2) is 8.97. The minimum Gasteiger partial charge on any atom is -0.492 e. The molecule has 0 atom stereocenters. The van der Waals surface area contributed by atoms with Gasteiger partial charge >= 0.3 is 0 Å². The fourth-order valence-electron chi connectivity index (χ4n) is 3.40. The summed E-state index contributed by atoms with van der Waals surface area (Å²) in [5.74, 6) is -0.778. The number of hydrogen-bond acceptors (Lipinski definition) is 6. The van der Waals surface area contributed by atoms with Gasteiger partial charge in [0.15, 0.2) is 0 Å². The van der Waals surface area contributed by atoms with Crippen LogP contribution < -0.4 is 9.04 Å². The maximum atomic E-state index is 13.7. The largest absolute Gasteiger partial charge is 0.492 e. The number of carbonyl (C=O) groups is 1. The molecule has 31 heavy (non-hydrogen) atoms. The zero-order valence-electron chi connectivity index (χ0n) is 17.7. The number of carbonyl (C=O) groups excluding carboxylic acids is 1. The quantitative estimate of drug-likeness (QED) is 0.593. The minimum absolute atomic E-state index is 0.00653. The molecule has 2 aromatic carbocycles. The van der Waals surface area contributed by atoms with Crippen molar-refractivity contribution in [2.45, 2.75) is 44.7 Å². The average molecular weight is 467 g/mol. The Morgan fingerprint density at radius 1 is 1.13 bits per heavy atom. The highest BCUT2D eigenvalue weighted by atomic mass is 32.2. The summed E-state index contributed by atoms with van der Waals surface area (Å²) in [5, 5.41) is 0. The first kappa shape index (κ1) is 23.2. The molecule has 0 aliphatic carbocycles. The molecule has 10 heteroatoms. The lowest BCUT2D eigenvalue weighted by Crippen LogP contribution is -2.37. The van der Waals surface area contributed by atoms with Gasteiger partial charge in [0.2, 0.25) is 26.0 Å². The molecule has 3 rings (SSSR count). The van der Waals surface area contributed by atoms with Crippen LogP contribution in [0.15, 0.2) is 53.4 Å². The summed E-state index contributed by atoms with van der Waals surface area (Å²) in [4.78, 5) is 12.0. The molecule has 168 valence electrons. The predicted octanol–water partition coefficient (Wildman–Crippen LogP) is 2.75. The zero-order valence-corrected chi connectivity index (χ0v) is 19.3. The highest BCUT2D eigenvalue weighted by molar-refractivity contribution is 7.94. The van der Waals surface area contributed by atoms with E-state index in [1.807, 2.05) is 30.3 Å². The van der Waals surface area contributed by atoms with Crippen molar-refractivity contribution in [3.8, 4) is 5.75 Å². The maximum absolute atomic E-state index is 13.7. The number of nitrogens with zero attached hydrogens (tertiary/aromatic N) is 2. The SMILES string of the molecule is CCOc1ccc(N2C(=O)CCS2(=O)=O)cc1S(=O)(=O)N(Cc1ccccc1)C(C)C. The Kier molecular flexibility index (Phi) is 6.73. The summed E-state index contributed by atoms with van der Waals surface area (Å²) in [6, 6.07) is 12.8. The number of sulfonamides is 2. The summed E-state index contributed by atoms with van der Waals surface area (Å²) in [6.45, 7) is 5.61. The Morgan fingerprint density at radius 3 is 2.35 bits per heavy atom. The lowest BCUT2D eigenvalue weighted by atomic mass is 10.2. The van der Waals surface area contributed by atoms with Crippen molar-refractivity contribution in [3.63, 3.8) is 0 Å². The number of rotatable bonds is 8. The van der Waals surface area contributed by atoms with E-state index in [0.29, 0.717) is 4.31 Å². The highest BCUT2D eigenvalue weighted by Crippen LogP contribution is 2.35. The van der Waals surface area contributed by atoms with E-state index < -0.39 is 26.0 Å². The van der Waals surface area contributed by atoms with Crippen molar-refractivity contribution in [3.05, 3.63) is 54.1 Å². The molecule has 0 spiro atoms. The van der Waals surface area contributed by atoms with E-state index in [2.05, 4.69) is 0 Å². The van der Waals surface area contributed by atoms with Crippen LogP contribution >= 0.6 is 0 Å². The van der Waals surface area contributed by atoms with E-state index in [1.54, 1.807) is 20.8 Å². The minimum atomic E-state index is -4.08. The molecule has 0 N–H and O–H groups in total. The normalized spacial score (nSPS) is 16.3. The Hall–Kier alpha value is -2.43. The number of benzene rings is 2. The predicted molar refractivity (Wildman–Crippen MR) is 118 cm³/mol. The molecule has 1 saturated heterocycles. The number of ether oxygens (including phenoxy) is 1. The average Bonchev–Trinajstić information content (AvgIpc) is 2.99. The molecule has 2 aromatic rings. The van der Waals surface area contributed by atoms with Crippen molar-refractivity contribution in [2.24, 2.45) is 0 Å². The monoisotopic (exact) mass is 466 g/mol. The molecule has 1 heterocycles. The van der Waals surface area contributed by atoms with Gasteiger partial charge in [0.1, 0.15) is 10.6 Å². The molecule has 8 nitrogen and oxygen atoms in total. The van der Waals surface area contributed by atoms with E-state index in [0.717, 1.165) is 5.56 Å².